The van der Waals surface area contributed by atoms with Crippen LogP contribution < -0.4 is 10.6 Å². The molecule has 0 spiro atoms. The standard InChI is InChI=1S/C16H20N4O4S/c1-23-13(21)11-7-10(8-18-11)12-9-25-15(19-12)20-14(22)16(24-2)3-5-17-6-4-16/h7-9,17-18H,3-6H2,1-2H3,(H,19,20,22). The average Bonchev–Trinajstić information content (AvgIpc) is 3.31. The van der Waals surface area contributed by atoms with Gasteiger partial charge in [0.1, 0.15) is 11.3 Å². The summed E-state index contributed by atoms with van der Waals surface area (Å²) >= 11 is 1.33. The zero-order chi connectivity index (χ0) is 17.9. The molecule has 134 valence electrons. The van der Waals surface area contributed by atoms with Crippen LogP contribution in [0.4, 0.5) is 5.13 Å². The van der Waals surface area contributed by atoms with E-state index in [4.69, 9.17) is 4.74 Å². The minimum Gasteiger partial charge on any atom is -0.464 e. The Labute approximate surface area is 148 Å². The molecule has 1 fully saturated rings. The Morgan fingerprint density at radius 2 is 2.08 bits per heavy atom. The second kappa shape index (κ2) is 7.34. The maximum absolute atomic E-state index is 12.6. The fourth-order valence-corrected chi connectivity index (χ4v) is 3.51. The van der Waals surface area contributed by atoms with Crippen molar-refractivity contribution >= 4 is 28.3 Å². The molecule has 0 radical (unpaired) electrons. The number of hydrogen-bond donors (Lipinski definition) is 3. The molecule has 0 atom stereocenters. The van der Waals surface area contributed by atoms with Gasteiger partial charge in [0, 0.05) is 24.3 Å². The molecule has 8 nitrogen and oxygen atoms in total. The predicted molar refractivity (Wildman–Crippen MR) is 93.7 cm³/mol. The summed E-state index contributed by atoms with van der Waals surface area (Å²) < 4.78 is 10.2. The first kappa shape index (κ1) is 17.6. The summed E-state index contributed by atoms with van der Waals surface area (Å²) in [6, 6.07) is 1.66. The number of carbonyl (C=O) groups excluding carboxylic acids is 2. The molecule has 1 saturated heterocycles. The van der Waals surface area contributed by atoms with Crippen LogP contribution in [0, 0.1) is 0 Å². The number of hydrogen-bond acceptors (Lipinski definition) is 7. The predicted octanol–water partition coefficient (Wildman–Crippen LogP) is 1.63. The summed E-state index contributed by atoms with van der Waals surface area (Å²) in [6.45, 7) is 1.48. The van der Waals surface area contributed by atoms with Gasteiger partial charge >= 0.3 is 5.97 Å². The Morgan fingerprint density at radius 3 is 2.76 bits per heavy atom. The molecule has 3 heterocycles. The van der Waals surface area contributed by atoms with Crippen LogP contribution in [0.5, 0.6) is 0 Å². The van der Waals surface area contributed by atoms with E-state index < -0.39 is 11.6 Å². The number of aromatic amines is 1. The number of aromatic nitrogens is 2. The minimum absolute atomic E-state index is 0.179. The van der Waals surface area contributed by atoms with Gasteiger partial charge in [-0.25, -0.2) is 9.78 Å². The molecule has 3 rings (SSSR count). The van der Waals surface area contributed by atoms with Crippen LogP contribution >= 0.6 is 11.3 Å². The third-order valence-electron chi connectivity index (χ3n) is 4.32. The van der Waals surface area contributed by atoms with E-state index >= 15 is 0 Å². The molecule has 1 aliphatic rings. The molecule has 2 aromatic heterocycles. The maximum atomic E-state index is 12.6. The van der Waals surface area contributed by atoms with Gasteiger partial charge in [-0.1, -0.05) is 0 Å². The van der Waals surface area contributed by atoms with Gasteiger partial charge in [-0.3, -0.25) is 10.1 Å². The van der Waals surface area contributed by atoms with E-state index in [0.29, 0.717) is 29.4 Å². The lowest BCUT2D eigenvalue weighted by Crippen LogP contribution is -2.51. The van der Waals surface area contributed by atoms with Crippen LogP contribution in [-0.4, -0.2) is 54.8 Å². The van der Waals surface area contributed by atoms with Crippen molar-refractivity contribution in [3.8, 4) is 11.3 Å². The highest BCUT2D eigenvalue weighted by Gasteiger charge is 2.40. The number of thiazole rings is 1. The molecule has 0 aliphatic carbocycles. The highest BCUT2D eigenvalue weighted by Crippen LogP contribution is 2.28. The molecule has 0 aromatic carbocycles. The molecular weight excluding hydrogens is 344 g/mol. The fraction of sp³-hybridized carbons (Fsp3) is 0.438. The third-order valence-corrected chi connectivity index (χ3v) is 5.08. The van der Waals surface area contributed by atoms with Gasteiger partial charge in [0.2, 0.25) is 0 Å². The summed E-state index contributed by atoms with van der Waals surface area (Å²) in [7, 11) is 2.89. The van der Waals surface area contributed by atoms with Gasteiger partial charge in [0.25, 0.3) is 5.91 Å². The molecule has 0 unspecified atom stereocenters. The summed E-state index contributed by atoms with van der Waals surface area (Å²) in [6.07, 6.45) is 2.91. The Bertz CT molecular complexity index is 764. The van der Waals surface area contributed by atoms with Gasteiger partial charge in [-0.2, -0.15) is 0 Å². The number of rotatable bonds is 5. The van der Waals surface area contributed by atoms with E-state index in [0.717, 1.165) is 18.7 Å². The van der Waals surface area contributed by atoms with E-state index in [1.807, 2.05) is 5.38 Å². The van der Waals surface area contributed by atoms with Crippen molar-refractivity contribution in [1.29, 1.82) is 0 Å². The first-order chi connectivity index (χ1) is 12.1. The van der Waals surface area contributed by atoms with Crippen molar-refractivity contribution in [3.05, 3.63) is 23.3 Å². The van der Waals surface area contributed by atoms with E-state index in [1.54, 1.807) is 19.4 Å². The first-order valence-corrected chi connectivity index (χ1v) is 8.76. The SMILES string of the molecule is COC(=O)c1cc(-c2csc(NC(=O)C3(OC)CCNCC3)n2)c[nH]1. The van der Waals surface area contributed by atoms with Crippen molar-refractivity contribution in [2.45, 2.75) is 18.4 Å². The minimum atomic E-state index is -0.816. The number of esters is 1. The van der Waals surface area contributed by atoms with Gasteiger partial charge in [0.15, 0.2) is 5.13 Å². The van der Waals surface area contributed by atoms with E-state index in [1.165, 1.54) is 18.4 Å². The summed E-state index contributed by atoms with van der Waals surface area (Å²) in [5, 5.41) is 8.39. The van der Waals surface area contributed by atoms with Crippen molar-refractivity contribution in [1.82, 2.24) is 15.3 Å². The second-order valence-electron chi connectivity index (χ2n) is 5.73. The highest BCUT2D eigenvalue weighted by atomic mass is 32.1. The van der Waals surface area contributed by atoms with Gasteiger partial charge in [-0.15, -0.1) is 11.3 Å². The van der Waals surface area contributed by atoms with E-state index in [9.17, 15) is 9.59 Å². The number of nitrogens with one attached hydrogen (secondary N) is 3. The lowest BCUT2D eigenvalue weighted by atomic mass is 9.91. The molecule has 3 N–H and O–H groups in total. The monoisotopic (exact) mass is 364 g/mol. The first-order valence-electron chi connectivity index (χ1n) is 7.88. The van der Waals surface area contributed by atoms with Crippen LogP contribution in [0.15, 0.2) is 17.6 Å². The van der Waals surface area contributed by atoms with Crippen molar-refractivity contribution < 1.29 is 19.1 Å². The smallest absolute Gasteiger partial charge is 0.354 e. The lowest BCUT2D eigenvalue weighted by molar-refractivity contribution is -0.140. The average molecular weight is 364 g/mol. The number of piperidine rings is 1. The van der Waals surface area contributed by atoms with Crippen LogP contribution in [0.25, 0.3) is 11.3 Å². The molecule has 0 bridgehead atoms. The molecule has 1 amide bonds. The number of methoxy groups -OCH3 is 2. The largest absolute Gasteiger partial charge is 0.464 e. The van der Waals surface area contributed by atoms with Crippen molar-refractivity contribution in [2.75, 3.05) is 32.6 Å². The van der Waals surface area contributed by atoms with Crippen molar-refractivity contribution in [2.24, 2.45) is 0 Å². The number of amides is 1. The van der Waals surface area contributed by atoms with E-state index in [2.05, 4.69) is 25.3 Å². The molecule has 1 aliphatic heterocycles. The summed E-state index contributed by atoms with van der Waals surface area (Å²) in [5.41, 5.74) is 0.955. The quantitative estimate of drug-likeness (QED) is 0.697. The topological polar surface area (TPSA) is 105 Å². The Hall–Kier alpha value is -2.23. The van der Waals surface area contributed by atoms with Crippen LogP contribution in [0.2, 0.25) is 0 Å². The second-order valence-corrected chi connectivity index (χ2v) is 6.59. The molecule has 2 aromatic rings. The van der Waals surface area contributed by atoms with E-state index in [-0.39, 0.29) is 5.91 Å². The molecule has 25 heavy (non-hydrogen) atoms. The number of H-pyrrole nitrogens is 1. The fourth-order valence-electron chi connectivity index (χ4n) is 2.80. The Balaban J connectivity index is 1.72. The number of carbonyl (C=O) groups is 2. The highest BCUT2D eigenvalue weighted by molar-refractivity contribution is 7.14. The molecule has 0 saturated carbocycles. The summed E-state index contributed by atoms with van der Waals surface area (Å²) in [4.78, 5) is 31.4. The van der Waals surface area contributed by atoms with Crippen molar-refractivity contribution in [3.63, 3.8) is 0 Å². The zero-order valence-electron chi connectivity index (χ0n) is 14.0. The number of ether oxygens (including phenoxy) is 2. The van der Waals surface area contributed by atoms with Gasteiger partial charge < -0.3 is 19.8 Å². The lowest BCUT2D eigenvalue weighted by Gasteiger charge is -2.34. The number of anilines is 1. The molecule has 9 heteroatoms. The summed E-state index contributed by atoms with van der Waals surface area (Å²) in [5.74, 6) is -0.621. The Kier molecular flexibility index (Phi) is 5.16. The van der Waals surface area contributed by atoms with Gasteiger partial charge in [-0.05, 0) is 32.0 Å². The third kappa shape index (κ3) is 3.58. The van der Waals surface area contributed by atoms with Crippen LogP contribution in [-0.2, 0) is 14.3 Å². The Morgan fingerprint density at radius 1 is 1.32 bits per heavy atom. The maximum Gasteiger partial charge on any atom is 0.354 e. The van der Waals surface area contributed by atoms with Crippen LogP contribution in [0.1, 0.15) is 23.3 Å². The normalized spacial score (nSPS) is 16.4. The van der Waals surface area contributed by atoms with Gasteiger partial charge in [0.05, 0.1) is 12.8 Å². The molecular formula is C16H20N4O4S. The zero-order valence-corrected chi connectivity index (χ0v) is 14.9. The number of nitrogens with zero attached hydrogens (tertiary/aromatic N) is 1. The van der Waals surface area contributed by atoms with Crippen LogP contribution in [0.3, 0.4) is 0 Å².